The highest BCUT2D eigenvalue weighted by Crippen LogP contribution is 2.27. The monoisotopic (exact) mass is 301 g/mol. The first kappa shape index (κ1) is 13.2. The number of ether oxygens (including phenoxy) is 1. The molecule has 0 aliphatic heterocycles. The summed E-state index contributed by atoms with van der Waals surface area (Å²) in [5, 5.41) is 0. The lowest BCUT2D eigenvalue weighted by atomic mass is 10.3. The van der Waals surface area contributed by atoms with Crippen molar-refractivity contribution in [1.82, 2.24) is 4.98 Å². The van der Waals surface area contributed by atoms with Crippen LogP contribution in [0.2, 0.25) is 0 Å². The number of aromatic nitrogens is 1. The lowest BCUT2D eigenvalue weighted by molar-refractivity contribution is -0.148. The van der Waals surface area contributed by atoms with Crippen LogP contribution in [0.15, 0.2) is 16.7 Å². The maximum Gasteiger partial charge on any atom is 0.340 e. The molecule has 7 heteroatoms. The first-order valence-electron chi connectivity index (χ1n) is 4.24. The minimum Gasteiger partial charge on any atom is -0.470 e. The van der Waals surface area contributed by atoms with Gasteiger partial charge in [0, 0.05) is 6.20 Å². The third-order valence-corrected chi connectivity index (χ3v) is 2.23. The van der Waals surface area contributed by atoms with Crippen LogP contribution in [0.1, 0.15) is 5.56 Å². The lowest BCUT2D eigenvalue weighted by Crippen LogP contribution is -2.34. The Bertz CT molecular complexity index is 373. The Balaban J connectivity index is 2.68. The van der Waals surface area contributed by atoms with Gasteiger partial charge in [-0.05, 0) is 34.5 Å². The zero-order valence-corrected chi connectivity index (χ0v) is 9.77. The Labute approximate surface area is 97.8 Å². The fraction of sp³-hybridized carbons (Fsp3) is 0.444. The van der Waals surface area contributed by atoms with Crippen molar-refractivity contribution in [1.29, 1.82) is 0 Å². The lowest BCUT2D eigenvalue weighted by Gasteiger charge is -2.15. The number of hydrogen-bond acceptors (Lipinski definition) is 2. The molecule has 90 valence electrons. The molecule has 0 fully saturated rings. The van der Waals surface area contributed by atoms with E-state index in [1.54, 1.807) is 13.0 Å². The van der Waals surface area contributed by atoms with E-state index in [1.165, 1.54) is 6.20 Å². The second-order valence-electron chi connectivity index (χ2n) is 3.15. The largest absolute Gasteiger partial charge is 0.470 e. The average Bonchev–Trinajstić information content (AvgIpc) is 2.16. The Kier molecular flexibility index (Phi) is 4.12. The van der Waals surface area contributed by atoms with Crippen molar-refractivity contribution in [2.45, 2.75) is 19.3 Å². The van der Waals surface area contributed by atoms with E-state index in [-0.39, 0.29) is 5.88 Å². The van der Waals surface area contributed by atoms with Crippen molar-refractivity contribution < 1.29 is 22.3 Å². The molecule has 0 bridgehead atoms. The van der Waals surface area contributed by atoms with Gasteiger partial charge >= 0.3 is 12.3 Å². The minimum absolute atomic E-state index is 0.133. The fourth-order valence-electron chi connectivity index (χ4n) is 0.855. The highest BCUT2D eigenvalue weighted by molar-refractivity contribution is 9.10. The predicted octanol–water partition coefficient (Wildman–Crippen LogP) is 3.43. The summed E-state index contributed by atoms with van der Waals surface area (Å²) < 4.78 is 53.6. The Morgan fingerprint density at radius 3 is 2.62 bits per heavy atom. The summed E-state index contributed by atoms with van der Waals surface area (Å²) in [5.41, 5.74) is 0.792. The third kappa shape index (κ3) is 3.33. The molecule has 0 radical (unpaired) electrons. The molecule has 0 aliphatic rings. The van der Waals surface area contributed by atoms with Gasteiger partial charge in [-0.1, -0.05) is 0 Å². The quantitative estimate of drug-likeness (QED) is 0.795. The van der Waals surface area contributed by atoms with Gasteiger partial charge in [-0.15, -0.1) is 0 Å². The van der Waals surface area contributed by atoms with E-state index in [0.717, 1.165) is 5.56 Å². The van der Waals surface area contributed by atoms with Crippen molar-refractivity contribution in [3.63, 3.8) is 0 Å². The van der Waals surface area contributed by atoms with Gasteiger partial charge < -0.3 is 4.74 Å². The standard InChI is InChI=1S/C9H8BrF4NO/c1-5-2-6(10)7(15-3-5)16-4-9(13,14)8(11)12/h2-3,8H,4H2,1H3. The summed E-state index contributed by atoms with van der Waals surface area (Å²) in [6.45, 7) is 0.342. The number of rotatable bonds is 4. The molecule has 1 aromatic heterocycles. The maximum atomic E-state index is 12.5. The summed E-state index contributed by atoms with van der Waals surface area (Å²) in [6, 6.07) is 1.59. The molecule has 16 heavy (non-hydrogen) atoms. The first-order valence-corrected chi connectivity index (χ1v) is 5.03. The predicted molar refractivity (Wildman–Crippen MR) is 53.1 cm³/mol. The van der Waals surface area contributed by atoms with Crippen LogP contribution < -0.4 is 4.74 Å². The summed E-state index contributed by atoms with van der Waals surface area (Å²) in [7, 11) is 0. The van der Waals surface area contributed by atoms with Crippen molar-refractivity contribution in [3.8, 4) is 5.88 Å². The molecule has 0 atom stereocenters. The number of halogens is 5. The molecule has 2 nitrogen and oxygen atoms in total. The van der Waals surface area contributed by atoms with E-state index in [4.69, 9.17) is 0 Å². The molecule has 0 saturated heterocycles. The Morgan fingerprint density at radius 2 is 2.12 bits per heavy atom. The smallest absolute Gasteiger partial charge is 0.340 e. The molecule has 0 aliphatic carbocycles. The molecule has 0 amide bonds. The molecular formula is C9H8BrF4NO. The van der Waals surface area contributed by atoms with Crippen LogP contribution in [0.25, 0.3) is 0 Å². The van der Waals surface area contributed by atoms with Crippen LogP contribution in [0.5, 0.6) is 5.88 Å². The number of nitrogens with zero attached hydrogens (tertiary/aromatic N) is 1. The van der Waals surface area contributed by atoms with E-state index < -0.39 is 19.0 Å². The Hall–Kier alpha value is -0.850. The molecular weight excluding hydrogens is 294 g/mol. The molecule has 1 rings (SSSR count). The van der Waals surface area contributed by atoms with Gasteiger partial charge in [0.25, 0.3) is 0 Å². The summed E-state index contributed by atoms with van der Waals surface area (Å²) in [6.07, 6.45) is -2.36. The van der Waals surface area contributed by atoms with E-state index in [1.807, 2.05) is 0 Å². The van der Waals surface area contributed by atoms with Crippen LogP contribution in [0.3, 0.4) is 0 Å². The summed E-state index contributed by atoms with van der Waals surface area (Å²) in [5.74, 6) is -4.31. The van der Waals surface area contributed by atoms with Crippen molar-refractivity contribution in [2.75, 3.05) is 6.61 Å². The normalized spacial score (nSPS) is 11.9. The third-order valence-electron chi connectivity index (χ3n) is 1.66. The van der Waals surface area contributed by atoms with Crippen molar-refractivity contribution in [2.24, 2.45) is 0 Å². The van der Waals surface area contributed by atoms with E-state index in [9.17, 15) is 17.6 Å². The van der Waals surface area contributed by atoms with Crippen LogP contribution in [-0.4, -0.2) is 23.9 Å². The SMILES string of the molecule is Cc1cnc(OCC(F)(F)C(F)F)c(Br)c1. The fourth-order valence-corrected chi connectivity index (χ4v) is 1.43. The highest BCUT2D eigenvalue weighted by Gasteiger charge is 2.41. The zero-order chi connectivity index (χ0) is 12.3. The van der Waals surface area contributed by atoms with Gasteiger partial charge in [0.15, 0.2) is 6.61 Å². The number of alkyl halides is 4. The second-order valence-corrected chi connectivity index (χ2v) is 4.00. The maximum absolute atomic E-state index is 12.5. The van der Waals surface area contributed by atoms with Gasteiger partial charge in [-0.25, -0.2) is 13.8 Å². The van der Waals surface area contributed by atoms with Crippen LogP contribution in [0, 0.1) is 6.92 Å². The molecule has 0 N–H and O–H groups in total. The molecule has 1 aromatic rings. The summed E-state index contributed by atoms with van der Waals surface area (Å²) >= 11 is 3.03. The van der Waals surface area contributed by atoms with Gasteiger partial charge in [-0.3, -0.25) is 0 Å². The zero-order valence-electron chi connectivity index (χ0n) is 8.18. The molecule has 0 unspecified atom stereocenters. The molecule has 0 aromatic carbocycles. The summed E-state index contributed by atoms with van der Waals surface area (Å²) in [4.78, 5) is 3.69. The van der Waals surface area contributed by atoms with Crippen molar-refractivity contribution in [3.05, 3.63) is 22.3 Å². The molecule has 0 spiro atoms. The van der Waals surface area contributed by atoms with Crippen LogP contribution in [0.4, 0.5) is 17.6 Å². The van der Waals surface area contributed by atoms with Crippen LogP contribution >= 0.6 is 15.9 Å². The molecule has 1 heterocycles. The molecule has 0 saturated carbocycles. The topological polar surface area (TPSA) is 22.1 Å². The average molecular weight is 302 g/mol. The Morgan fingerprint density at radius 1 is 1.50 bits per heavy atom. The van der Waals surface area contributed by atoms with E-state index in [2.05, 4.69) is 25.7 Å². The minimum atomic E-state index is -4.17. The number of aryl methyl sites for hydroxylation is 1. The van der Waals surface area contributed by atoms with Crippen molar-refractivity contribution >= 4 is 15.9 Å². The van der Waals surface area contributed by atoms with Gasteiger partial charge in [0.2, 0.25) is 5.88 Å². The van der Waals surface area contributed by atoms with Gasteiger partial charge in [0.1, 0.15) is 0 Å². The van der Waals surface area contributed by atoms with Gasteiger partial charge in [-0.2, -0.15) is 8.78 Å². The first-order chi connectivity index (χ1) is 7.33. The number of pyridine rings is 1. The van der Waals surface area contributed by atoms with E-state index >= 15 is 0 Å². The van der Waals surface area contributed by atoms with Gasteiger partial charge in [0.05, 0.1) is 4.47 Å². The van der Waals surface area contributed by atoms with Crippen LogP contribution in [-0.2, 0) is 0 Å². The second kappa shape index (κ2) is 4.99. The van der Waals surface area contributed by atoms with E-state index in [0.29, 0.717) is 4.47 Å². The number of hydrogen-bond donors (Lipinski definition) is 0. The highest BCUT2D eigenvalue weighted by atomic mass is 79.9.